The van der Waals surface area contributed by atoms with E-state index in [4.69, 9.17) is 14.2 Å². The molecule has 0 aromatic heterocycles. The summed E-state index contributed by atoms with van der Waals surface area (Å²) in [6, 6.07) is 8.28. The second kappa shape index (κ2) is 8.22. The van der Waals surface area contributed by atoms with Crippen LogP contribution in [0.15, 0.2) is 30.3 Å². The van der Waals surface area contributed by atoms with Gasteiger partial charge in [-0.2, -0.15) is 0 Å². The maximum Gasteiger partial charge on any atom is 0.261 e. The highest BCUT2D eigenvalue weighted by molar-refractivity contribution is 6.21. The van der Waals surface area contributed by atoms with E-state index < -0.39 is 0 Å². The molecule has 29 heavy (non-hydrogen) atoms. The number of fused-ring (bicyclic) bond motifs is 1. The normalized spacial score (nSPS) is 12.6. The number of benzene rings is 2. The Kier molecular flexibility index (Phi) is 5.72. The number of anilines is 1. The topological polar surface area (TPSA) is 94.2 Å². The molecule has 8 heteroatoms. The Morgan fingerprint density at radius 1 is 0.931 bits per heavy atom. The second-order valence-corrected chi connectivity index (χ2v) is 6.51. The van der Waals surface area contributed by atoms with Gasteiger partial charge in [0.1, 0.15) is 0 Å². The molecule has 0 bridgehead atoms. The van der Waals surface area contributed by atoms with Crippen molar-refractivity contribution >= 4 is 23.4 Å². The first-order chi connectivity index (χ1) is 13.9. The Balaban J connectivity index is 1.68. The van der Waals surface area contributed by atoms with E-state index in [2.05, 4.69) is 5.32 Å². The van der Waals surface area contributed by atoms with Gasteiger partial charge in [0.15, 0.2) is 11.5 Å². The second-order valence-electron chi connectivity index (χ2n) is 6.51. The maximum atomic E-state index is 12.4. The van der Waals surface area contributed by atoms with Gasteiger partial charge in [0.25, 0.3) is 11.8 Å². The first-order valence-electron chi connectivity index (χ1n) is 8.94. The van der Waals surface area contributed by atoms with E-state index >= 15 is 0 Å². The average Bonchev–Trinajstić information content (AvgIpc) is 2.95. The molecule has 3 amide bonds. The lowest BCUT2D eigenvalue weighted by Gasteiger charge is -2.14. The zero-order valence-corrected chi connectivity index (χ0v) is 16.7. The van der Waals surface area contributed by atoms with Crippen LogP contribution in [0, 0.1) is 0 Å². The fourth-order valence-corrected chi connectivity index (χ4v) is 3.20. The molecule has 1 N–H and O–H groups in total. The van der Waals surface area contributed by atoms with Crippen LogP contribution in [0.25, 0.3) is 0 Å². The van der Waals surface area contributed by atoms with E-state index in [0.717, 1.165) is 10.5 Å². The van der Waals surface area contributed by atoms with E-state index in [0.29, 0.717) is 40.5 Å². The summed E-state index contributed by atoms with van der Waals surface area (Å²) in [7, 11) is 6.02. The van der Waals surface area contributed by atoms with Gasteiger partial charge in [-0.3, -0.25) is 19.3 Å². The number of methoxy groups -OCH3 is 3. The van der Waals surface area contributed by atoms with Gasteiger partial charge >= 0.3 is 0 Å². The minimum Gasteiger partial charge on any atom is -0.493 e. The van der Waals surface area contributed by atoms with Crippen LogP contribution in [0.4, 0.5) is 5.69 Å². The Morgan fingerprint density at radius 3 is 2.14 bits per heavy atom. The number of nitrogens with zero attached hydrogens (tertiary/aromatic N) is 1. The molecule has 8 nitrogen and oxygen atoms in total. The van der Waals surface area contributed by atoms with Crippen molar-refractivity contribution in [2.45, 2.75) is 12.8 Å². The fourth-order valence-electron chi connectivity index (χ4n) is 3.20. The van der Waals surface area contributed by atoms with Crippen LogP contribution >= 0.6 is 0 Å². The maximum absolute atomic E-state index is 12.4. The monoisotopic (exact) mass is 398 g/mol. The van der Waals surface area contributed by atoms with Crippen LogP contribution in [0.3, 0.4) is 0 Å². The summed E-state index contributed by atoms with van der Waals surface area (Å²) < 4.78 is 15.9. The molecular weight excluding hydrogens is 376 g/mol. The van der Waals surface area contributed by atoms with Crippen LogP contribution in [0.2, 0.25) is 0 Å². The highest BCUT2D eigenvalue weighted by Crippen LogP contribution is 2.38. The van der Waals surface area contributed by atoms with Gasteiger partial charge in [-0.25, -0.2) is 0 Å². The Bertz CT molecular complexity index is 960. The minimum atomic E-state index is -0.376. The van der Waals surface area contributed by atoms with Crippen LogP contribution in [-0.4, -0.2) is 51.0 Å². The number of imide groups is 1. The quantitative estimate of drug-likeness (QED) is 0.721. The smallest absolute Gasteiger partial charge is 0.261 e. The van der Waals surface area contributed by atoms with E-state index in [1.165, 1.54) is 34.4 Å². The van der Waals surface area contributed by atoms with Gasteiger partial charge in [-0.1, -0.05) is 0 Å². The van der Waals surface area contributed by atoms with Crippen molar-refractivity contribution in [1.29, 1.82) is 0 Å². The first kappa shape index (κ1) is 20.2. The molecule has 0 spiro atoms. The third-order valence-corrected chi connectivity index (χ3v) is 4.74. The molecule has 152 valence electrons. The number of nitrogens with one attached hydrogen (secondary N) is 1. The predicted octanol–water partition coefficient (Wildman–Crippen LogP) is 2.51. The molecule has 2 aromatic carbocycles. The Morgan fingerprint density at radius 2 is 1.55 bits per heavy atom. The number of ether oxygens (including phenoxy) is 3. The average molecular weight is 398 g/mol. The molecule has 2 aromatic rings. The molecule has 0 aliphatic carbocycles. The number of aryl methyl sites for hydroxylation is 1. The number of carbonyl (C=O) groups is 3. The van der Waals surface area contributed by atoms with E-state index in [1.54, 1.807) is 24.3 Å². The number of carbonyl (C=O) groups excluding carboxylic acids is 3. The third kappa shape index (κ3) is 3.87. The highest BCUT2D eigenvalue weighted by atomic mass is 16.5. The zero-order chi connectivity index (χ0) is 21.1. The van der Waals surface area contributed by atoms with Gasteiger partial charge in [-0.05, 0) is 42.3 Å². The lowest BCUT2D eigenvalue weighted by Crippen LogP contribution is -2.24. The minimum absolute atomic E-state index is 0.211. The fraction of sp³-hybridized carbons (Fsp3) is 0.286. The summed E-state index contributed by atoms with van der Waals surface area (Å²) >= 11 is 0. The summed E-state index contributed by atoms with van der Waals surface area (Å²) in [5, 5.41) is 2.76. The summed E-state index contributed by atoms with van der Waals surface area (Å²) in [6.45, 7) is 0. The van der Waals surface area contributed by atoms with Crippen molar-refractivity contribution in [2.75, 3.05) is 33.7 Å². The van der Waals surface area contributed by atoms with E-state index in [9.17, 15) is 14.4 Å². The highest BCUT2D eigenvalue weighted by Gasteiger charge is 2.32. The first-order valence-corrected chi connectivity index (χ1v) is 8.94. The van der Waals surface area contributed by atoms with Crippen molar-refractivity contribution in [3.05, 3.63) is 47.0 Å². The Labute approximate surface area is 168 Å². The number of hydrogen-bond acceptors (Lipinski definition) is 6. The molecule has 0 fully saturated rings. The summed E-state index contributed by atoms with van der Waals surface area (Å²) in [5.41, 5.74) is 1.95. The van der Waals surface area contributed by atoms with Crippen LogP contribution in [0.1, 0.15) is 32.7 Å². The van der Waals surface area contributed by atoms with Gasteiger partial charge in [0.2, 0.25) is 11.7 Å². The lowest BCUT2D eigenvalue weighted by molar-refractivity contribution is -0.116. The molecule has 1 aliphatic rings. The molecule has 0 atom stereocenters. The van der Waals surface area contributed by atoms with Gasteiger partial charge in [-0.15, -0.1) is 0 Å². The van der Waals surface area contributed by atoms with Crippen LogP contribution in [0.5, 0.6) is 17.2 Å². The van der Waals surface area contributed by atoms with Crippen molar-refractivity contribution < 1.29 is 28.6 Å². The predicted molar refractivity (Wildman–Crippen MR) is 106 cm³/mol. The molecule has 3 rings (SSSR count). The lowest BCUT2D eigenvalue weighted by atomic mass is 10.1. The van der Waals surface area contributed by atoms with Crippen molar-refractivity contribution in [1.82, 2.24) is 4.90 Å². The summed E-state index contributed by atoms with van der Waals surface area (Å²) in [4.78, 5) is 37.4. The number of rotatable bonds is 7. The Hall–Kier alpha value is -3.55. The van der Waals surface area contributed by atoms with Crippen molar-refractivity contribution in [3.8, 4) is 17.2 Å². The van der Waals surface area contributed by atoms with E-state index in [-0.39, 0.29) is 24.1 Å². The molecule has 1 heterocycles. The van der Waals surface area contributed by atoms with Crippen LogP contribution < -0.4 is 19.5 Å². The molecule has 0 saturated heterocycles. The van der Waals surface area contributed by atoms with Gasteiger partial charge in [0.05, 0.1) is 32.5 Å². The molecule has 1 aliphatic heterocycles. The zero-order valence-electron chi connectivity index (χ0n) is 16.7. The SMILES string of the molecule is COc1cc(CCC(=O)Nc2ccc3c(c2)C(=O)N(C)C3=O)cc(OC)c1OC. The summed E-state index contributed by atoms with van der Waals surface area (Å²) in [5.74, 6) is 0.597. The summed E-state index contributed by atoms with van der Waals surface area (Å²) in [6.07, 6.45) is 0.663. The van der Waals surface area contributed by atoms with Crippen molar-refractivity contribution in [3.63, 3.8) is 0 Å². The number of amides is 3. The van der Waals surface area contributed by atoms with E-state index in [1.807, 2.05) is 0 Å². The van der Waals surface area contributed by atoms with Gasteiger partial charge < -0.3 is 19.5 Å². The molecule has 0 saturated carbocycles. The van der Waals surface area contributed by atoms with Crippen LogP contribution in [-0.2, 0) is 11.2 Å². The molecular formula is C21H22N2O6. The largest absolute Gasteiger partial charge is 0.493 e. The van der Waals surface area contributed by atoms with Crippen molar-refractivity contribution in [2.24, 2.45) is 0 Å². The van der Waals surface area contributed by atoms with Gasteiger partial charge in [0, 0.05) is 19.2 Å². The standard InChI is InChI=1S/C21H22N2O6/c1-23-20(25)14-7-6-13(11-15(14)21(23)26)22-18(24)8-5-12-9-16(27-2)19(29-4)17(10-12)28-3/h6-7,9-11H,5,8H2,1-4H3,(H,22,24). The molecule has 0 radical (unpaired) electrons. The third-order valence-electron chi connectivity index (χ3n) is 4.74. The molecule has 0 unspecified atom stereocenters. The number of hydrogen-bond donors (Lipinski definition) is 1.